The minimum absolute atomic E-state index is 0.270. The Labute approximate surface area is 218 Å². The summed E-state index contributed by atoms with van der Waals surface area (Å²) in [5.74, 6) is 2.20. The van der Waals surface area contributed by atoms with Crippen molar-refractivity contribution >= 4 is 40.2 Å². The maximum Gasteiger partial charge on any atom is 0.335 e. The van der Waals surface area contributed by atoms with Gasteiger partial charge in [0.25, 0.3) is 0 Å². The molecular formula is C26H26Cl2N4O4. The standard InChI is InChI=1S/C26H26Cl2N4O4/c1-30-23-12-17(26(33)34)2-6-22(23)29-25(30)15-32-10-8-31(9-11-32)14-19-4-5-20(36-19)16-35-24-7-3-18(27)13-21(24)28/h2-7,12-13H,8-11,14-16H2,1H3,(H,33,34). The van der Waals surface area contributed by atoms with Crippen molar-refractivity contribution in [3.63, 3.8) is 0 Å². The lowest BCUT2D eigenvalue weighted by molar-refractivity contribution is 0.0697. The highest BCUT2D eigenvalue weighted by Gasteiger charge is 2.20. The molecule has 1 N–H and O–H groups in total. The molecule has 4 aromatic rings. The number of hydrogen-bond donors (Lipinski definition) is 1. The van der Waals surface area contributed by atoms with Crippen LogP contribution < -0.4 is 4.74 Å². The van der Waals surface area contributed by atoms with E-state index in [4.69, 9.17) is 37.3 Å². The summed E-state index contributed by atoms with van der Waals surface area (Å²) in [6.45, 7) is 5.41. The van der Waals surface area contributed by atoms with Crippen molar-refractivity contribution < 1.29 is 19.1 Å². The van der Waals surface area contributed by atoms with E-state index in [9.17, 15) is 9.90 Å². The van der Waals surface area contributed by atoms with Crippen molar-refractivity contribution in [2.45, 2.75) is 19.7 Å². The number of carboxylic acid groups (broad SMARTS) is 1. The first-order chi connectivity index (χ1) is 17.4. The number of aryl methyl sites for hydroxylation is 1. The minimum atomic E-state index is -0.932. The molecule has 0 bridgehead atoms. The van der Waals surface area contributed by atoms with E-state index in [0.717, 1.165) is 67.6 Å². The summed E-state index contributed by atoms with van der Waals surface area (Å²) >= 11 is 12.1. The second kappa shape index (κ2) is 10.5. The first kappa shape index (κ1) is 24.6. The van der Waals surface area contributed by atoms with Gasteiger partial charge in [0.15, 0.2) is 0 Å². The number of furan rings is 1. The number of benzene rings is 2. The number of hydrogen-bond acceptors (Lipinski definition) is 6. The molecule has 2 aromatic heterocycles. The van der Waals surface area contributed by atoms with Crippen LogP contribution in [0.15, 0.2) is 52.9 Å². The monoisotopic (exact) mass is 528 g/mol. The fourth-order valence-corrected chi connectivity index (χ4v) is 4.83. The van der Waals surface area contributed by atoms with Crippen LogP contribution in [0.2, 0.25) is 10.0 Å². The van der Waals surface area contributed by atoms with E-state index in [2.05, 4.69) is 9.80 Å². The van der Waals surface area contributed by atoms with Gasteiger partial charge in [0, 0.05) is 38.2 Å². The minimum Gasteiger partial charge on any atom is -0.484 e. The molecule has 36 heavy (non-hydrogen) atoms. The Morgan fingerprint density at radius 1 is 1.00 bits per heavy atom. The summed E-state index contributed by atoms with van der Waals surface area (Å²) in [6, 6.07) is 14.1. The largest absolute Gasteiger partial charge is 0.484 e. The van der Waals surface area contributed by atoms with Gasteiger partial charge in [-0.05, 0) is 48.5 Å². The molecule has 0 atom stereocenters. The first-order valence-corrected chi connectivity index (χ1v) is 12.4. The van der Waals surface area contributed by atoms with E-state index in [1.165, 1.54) is 0 Å². The Balaban J connectivity index is 1.12. The maximum absolute atomic E-state index is 11.3. The maximum atomic E-state index is 11.3. The third kappa shape index (κ3) is 5.52. The summed E-state index contributed by atoms with van der Waals surface area (Å²) in [5.41, 5.74) is 1.92. The van der Waals surface area contributed by atoms with Gasteiger partial charge in [-0.15, -0.1) is 0 Å². The van der Waals surface area contributed by atoms with Crippen molar-refractivity contribution in [3.8, 4) is 5.75 Å². The molecule has 3 heterocycles. The lowest BCUT2D eigenvalue weighted by atomic mass is 10.2. The fourth-order valence-electron chi connectivity index (χ4n) is 4.37. The van der Waals surface area contributed by atoms with E-state index >= 15 is 0 Å². The Morgan fingerprint density at radius 3 is 2.44 bits per heavy atom. The molecule has 0 saturated carbocycles. The van der Waals surface area contributed by atoms with Crippen LogP contribution in [0.25, 0.3) is 11.0 Å². The van der Waals surface area contributed by atoms with Gasteiger partial charge in [-0.2, -0.15) is 0 Å². The number of nitrogens with zero attached hydrogens (tertiary/aromatic N) is 4. The van der Waals surface area contributed by atoms with E-state index in [0.29, 0.717) is 22.4 Å². The SMILES string of the molecule is Cn1c(CN2CCN(Cc3ccc(COc4ccc(Cl)cc4Cl)o3)CC2)nc2ccc(C(=O)O)cc21. The summed E-state index contributed by atoms with van der Waals surface area (Å²) in [4.78, 5) is 20.7. The van der Waals surface area contributed by atoms with Crippen LogP contribution in [0.5, 0.6) is 5.75 Å². The summed E-state index contributed by atoms with van der Waals surface area (Å²) < 4.78 is 13.7. The molecule has 0 spiro atoms. The quantitative estimate of drug-likeness (QED) is 0.341. The molecule has 0 aliphatic carbocycles. The average molecular weight is 529 g/mol. The van der Waals surface area contributed by atoms with Crippen LogP contribution in [0.3, 0.4) is 0 Å². The number of carbonyl (C=O) groups is 1. The normalized spacial score (nSPS) is 15.0. The van der Waals surface area contributed by atoms with Crippen molar-refractivity contribution in [1.29, 1.82) is 0 Å². The highest BCUT2D eigenvalue weighted by atomic mass is 35.5. The van der Waals surface area contributed by atoms with Crippen LogP contribution in [0.1, 0.15) is 27.7 Å². The van der Waals surface area contributed by atoms with Gasteiger partial charge in [-0.1, -0.05) is 23.2 Å². The van der Waals surface area contributed by atoms with Gasteiger partial charge >= 0.3 is 5.97 Å². The third-order valence-corrected chi connectivity index (χ3v) is 6.94. The number of ether oxygens (including phenoxy) is 1. The molecule has 188 valence electrons. The summed E-state index contributed by atoms with van der Waals surface area (Å²) in [6.07, 6.45) is 0. The molecular weight excluding hydrogens is 503 g/mol. The molecule has 10 heteroatoms. The predicted octanol–water partition coefficient (Wildman–Crippen LogP) is 5.07. The number of fused-ring (bicyclic) bond motifs is 1. The molecule has 0 amide bonds. The van der Waals surface area contributed by atoms with Gasteiger partial charge in [-0.25, -0.2) is 9.78 Å². The van der Waals surface area contributed by atoms with Crippen molar-refractivity contribution in [3.05, 3.63) is 81.5 Å². The Morgan fingerprint density at radius 2 is 1.72 bits per heavy atom. The number of aromatic nitrogens is 2. The zero-order valence-electron chi connectivity index (χ0n) is 19.8. The van der Waals surface area contributed by atoms with Gasteiger partial charge in [0.05, 0.1) is 34.7 Å². The zero-order chi connectivity index (χ0) is 25.2. The number of halogens is 2. The molecule has 0 unspecified atom stereocenters. The number of rotatable bonds is 8. The topological polar surface area (TPSA) is 84.0 Å². The third-order valence-electron chi connectivity index (χ3n) is 6.41. The second-order valence-electron chi connectivity index (χ2n) is 8.88. The highest BCUT2D eigenvalue weighted by molar-refractivity contribution is 6.35. The molecule has 2 aromatic carbocycles. The lowest BCUT2D eigenvalue weighted by Gasteiger charge is -2.33. The van der Waals surface area contributed by atoms with E-state index in [-0.39, 0.29) is 5.56 Å². The van der Waals surface area contributed by atoms with Crippen LogP contribution in [-0.2, 0) is 26.7 Å². The van der Waals surface area contributed by atoms with Gasteiger partial charge < -0.3 is 18.8 Å². The first-order valence-electron chi connectivity index (χ1n) is 11.6. The molecule has 1 aliphatic heterocycles. The number of piperazine rings is 1. The van der Waals surface area contributed by atoms with E-state index in [1.807, 2.05) is 23.7 Å². The van der Waals surface area contributed by atoms with Crippen LogP contribution in [0.4, 0.5) is 0 Å². The van der Waals surface area contributed by atoms with Gasteiger partial charge in [0.1, 0.15) is 29.7 Å². The molecule has 1 aliphatic rings. The molecule has 1 fully saturated rings. The van der Waals surface area contributed by atoms with Crippen molar-refractivity contribution in [2.24, 2.45) is 7.05 Å². The zero-order valence-corrected chi connectivity index (χ0v) is 21.3. The number of imidazole rings is 1. The van der Waals surface area contributed by atoms with E-state index in [1.54, 1.807) is 36.4 Å². The smallest absolute Gasteiger partial charge is 0.335 e. The lowest BCUT2D eigenvalue weighted by Crippen LogP contribution is -2.45. The van der Waals surface area contributed by atoms with E-state index < -0.39 is 5.97 Å². The summed E-state index contributed by atoms with van der Waals surface area (Å²) in [5, 5.41) is 10.3. The van der Waals surface area contributed by atoms with Crippen molar-refractivity contribution in [2.75, 3.05) is 26.2 Å². The van der Waals surface area contributed by atoms with Gasteiger partial charge in [0.2, 0.25) is 0 Å². The summed E-state index contributed by atoms with van der Waals surface area (Å²) in [7, 11) is 1.94. The Kier molecular flexibility index (Phi) is 7.20. The Bertz CT molecular complexity index is 1390. The molecule has 8 nitrogen and oxygen atoms in total. The van der Waals surface area contributed by atoms with Crippen LogP contribution >= 0.6 is 23.2 Å². The number of carboxylic acids is 1. The van der Waals surface area contributed by atoms with Crippen molar-refractivity contribution in [1.82, 2.24) is 19.4 Å². The molecule has 5 rings (SSSR count). The molecule has 1 saturated heterocycles. The fraction of sp³-hybridized carbons (Fsp3) is 0.308. The van der Waals surface area contributed by atoms with Crippen LogP contribution in [-0.4, -0.2) is 56.6 Å². The second-order valence-corrected chi connectivity index (χ2v) is 9.72. The average Bonchev–Trinajstić information content (AvgIpc) is 3.43. The van der Waals surface area contributed by atoms with Gasteiger partial charge in [-0.3, -0.25) is 9.80 Å². The highest BCUT2D eigenvalue weighted by Crippen LogP contribution is 2.28. The Hall–Kier alpha value is -3.04. The number of aromatic carboxylic acids is 1. The van der Waals surface area contributed by atoms with Crippen LogP contribution in [0, 0.1) is 0 Å². The predicted molar refractivity (Wildman–Crippen MR) is 138 cm³/mol. The molecule has 0 radical (unpaired) electrons.